The minimum atomic E-state index is 0.221. The molecule has 1 atom stereocenters. The van der Waals surface area contributed by atoms with Gasteiger partial charge in [-0.25, -0.2) is 0 Å². The van der Waals surface area contributed by atoms with Crippen LogP contribution >= 0.6 is 23.2 Å². The molecule has 0 aliphatic heterocycles. The minimum Gasteiger partial charge on any atom is -0.310 e. The molecule has 0 amide bonds. The van der Waals surface area contributed by atoms with Crippen LogP contribution in [-0.2, 0) is 0 Å². The molecule has 1 unspecified atom stereocenters. The van der Waals surface area contributed by atoms with Crippen LogP contribution in [0.25, 0.3) is 0 Å². The lowest BCUT2D eigenvalue weighted by Gasteiger charge is -2.17. The third-order valence-corrected chi connectivity index (χ3v) is 5.95. The smallest absolute Gasteiger partial charge is 0.0454 e. The van der Waals surface area contributed by atoms with E-state index in [4.69, 9.17) is 23.2 Å². The molecule has 0 bridgehead atoms. The average Bonchev–Trinajstić information content (AvgIpc) is 2.70. The van der Waals surface area contributed by atoms with E-state index in [1.165, 1.54) is 0 Å². The van der Waals surface area contributed by atoms with E-state index in [2.05, 4.69) is 39.9 Å². The van der Waals surface area contributed by atoms with Crippen LogP contribution < -0.4 is 5.32 Å². The van der Waals surface area contributed by atoms with Crippen molar-refractivity contribution < 1.29 is 0 Å². The van der Waals surface area contributed by atoms with Gasteiger partial charge < -0.3 is 5.32 Å². The second-order valence-corrected chi connectivity index (χ2v) is 7.64. The van der Waals surface area contributed by atoms with E-state index >= 15 is 0 Å². The Bertz CT molecular complexity index is 466. The molecule has 0 heterocycles. The highest BCUT2D eigenvalue weighted by Crippen LogP contribution is 2.68. The van der Waals surface area contributed by atoms with E-state index in [-0.39, 0.29) is 6.04 Å². The first-order chi connectivity index (χ1) is 8.68. The zero-order valence-electron chi connectivity index (χ0n) is 12.3. The molecule has 0 spiro atoms. The highest BCUT2D eigenvalue weighted by Gasteiger charge is 2.63. The summed E-state index contributed by atoms with van der Waals surface area (Å²) in [7, 11) is 0. The Kier molecular flexibility index (Phi) is 3.94. The second-order valence-electron chi connectivity index (χ2n) is 6.79. The molecule has 2 rings (SSSR count). The van der Waals surface area contributed by atoms with Crippen LogP contribution in [0.2, 0.25) is 10.0 Å². The Labute approximate surface area is 126 Å². The van der Waals surface area contributed by atoms with Crippen molar-refractivity contribution in [2.75, 3.05) is 6.54 Å². The molecule has 106 valence electrons. The van der Waals surface area contributed by atoms with E-state index in [0.29, 0.717) is 16.7 Å². The molecule has 1 aliphatic carbocycles. The predicted octanol–water partition coefficient (Wildman–Crippen LogP) is 5.33. The van der Waals surface area contributed by atoms with Gasteiger partial charge in [-0.15, -0.1) is 0 Å². The Morgan fingerprint density at radius 1 is 1.16 bits per heavy atom. The molecule has 0 aromatic heterocycles. The summed E-state index contributed by atoms with van der Waals surface area (Å²) in [6, 6.07) is 5.86. The summed E-state index contributed by atoms with van der Waals surface area (Å²) >= 11 is 12.3. The Morgan fingerprint density at radius 3 is 2.26 bits per heavy atom. The first-order valence-corrected chi connectivity index (χ1v) is 7.62. The quantitative estimate of drug-likeness (QED) is 0.793. The molecule has 19 heavy (non-hydrogen) atoms. The maximum atomic E-state index is 6.24. The fraction of sp³-hybridized carbons (Fsp3) is 0.625. The molecule has 0 radical (unpaired) electrons. The highest BCUT2D eigenvalue weighted by atomic mass is 35.5. The second kappa shape index (κ2) is 4.95. The summed E-state index contributed by atoms with van der Waals surface area (Å²) in [5, 5.41) is 5.11. The number of benzene rings is 1. The van der Waals surface area contributed by atoms with Crippen molar-refractivity contribution in [3.8, 4) is 0 Å². The van der Waals surface area contributed by atoms with Gasteiger partial charge in [0, 0.05) is 16.1 Å². The van der Waals surface area contributed by atoms with Gasteiger partial charge in [-0.2, -0.15) is 0 Å². The lowest BCUT2D eigenvalue weighted by molar-refractivity contribution is 0.457. The molecule has 1 nitrogen and oxygen atoms in total. The maximum Gasteiger partial charge on any atom is 0.0454 e. The lowest BCUT2D eigenvalue weighted by Crippen LogP contribution is -2.23. The van der Waals surface area contributed by atoms with Crippen LogP contribution in [0.1, 0.15) is 46.2 Å². The van der Waals surface area contributed by atoms with Crippen molar-refractivity contribution in [3.05, 3.63) is 33.8 Å². The van der Waals surface area contributed by atoms with Gasteiger partial charge in [-0.3, -0.25) is 0 Å². The minimum absolute atomic E-state index is 0.221. The largest absolute Gasteiger partial charge is 0.310 e. The summed E-state index contributed by atoms with van der Waals surface area (Å²) in [4.78, 5) is 0. The Hall–Kier alpha value is -0.240. The van der Waals surface area contributed by atoms with Crippen LogP contribution in [0.15, 0.2) is 18.2 Å². The fourth-order valence-electron chi connectivity index (χ4n) is 3.09. The number of rotatable bonds is 4. The van der Waals surface area contributed by atoms with E-state index in [1.54, 1.807) is 0 Å². The summed E-state index contributed by atoms with van der Waals surface area (Å²) in [6.07, 6.45) is 0. The average molecular weight is 300 g/mol. The summed E-state index contributed by atoms with van der Waals surface area (Å²) in [5.74, 6) is 0.709. The first-order valence-electron chi connectivity index (χ1n) is 6.86. The maximum absolute atomic E-state index is 6.24. The molecule has 1 N–H and O–H groups in total. The monoisotopic (exact) mass is 299 g/mol. The molecule has 1 saturated carbocycles. The van der Waals surface area contributed by atoms with Gasteiger partial charge in [0.25, 0.3) is 0 Å². The van der Waals surface area contributed by atoms with Crippen molar-refractivity contribution in [2.24, 2.45) is 16.7 Å². The predicted molar refractivity (Wildman–Crippen MR) is 83.9 cm³/mol. The van der Waals surface area contributed by atoms with Gasteiger partial charge >= 0.3 is 0 Å². The molecule has 3 heteroatoms. The number of hydrogen-bond donors (Lipinski definition) is 1. The third-order valence-electron chi connectivity index (χ3n) is 5.37. The van der Waals surface area contributed by atoms with E-state index < -0.39 is 0 Å². The Morgan fingerprint density at radius 2 is 1.74 bits per heavy atom. The highest BCUT2D eigenvalue weighted by molar-refractivity contribution is 6.33. The van der Waals surface area contributed by atoms with Crippen LogP contribution in [0.5, 0.6) is 0 Å². The van der Waals surface area contributed by atoms with Crippen LogP contribution in [0, 0.1) is 16.7 Å². The van der Waals surface area contributed by atoms with Crippen LogP contribution in [0.3, 0.4) is 0 Å². The SMILES string of the molecule is CC(NCC1C(C)(C)C1(C)C)c1cc(Cl)ccc1Cl. The summed E-state index contributed by atoms with van der Waals surface area (Å²) < 4.78 is 0. The molecule has 1 aromatic carbocycles. The van der Waals surface area contributed by atoms with Gasteiger partial charge in [0.1, 0.15) is 0 Å². The topological polar surface area (TPSA) is 12.0 Å². The number of hydrogen-bond acceptors (Lipinski definition) is 1. The van der Waals surface area contributed by atoms with Gasteiger partial charge in [0.15, 0.2) is 0 Å². The zero-order chi connectivity index (χ0) is 14.4. The fourth-order valence-corrected chi connectivity index (χ4v) is 3.56. The van der Waals surface area contributed by atoms with E-state index in [0.717, 1.165) is 22.2 Å². The molecular weight excluding hydrogens is 277 g/mol. The van der Waals surface area contributed by atoms with Crippen molar-refractivity contribution in [1.29, 1.82) is 0 Å². The number of halogens is 2. The van der Waals surface area contributed by atoms with Gasteiger partial charge in [-0.1, -0.05) is 50.9 Å². The normalized spacial score (nSPS) is 22.3. The Balaban J connectivity index is 1.99. The van der Waals surface area contributed by atoms with Gasteiger partial charge in [0.05, 0.1) is 0 Å². The molecule has 1 aliphatic rings. The van der Waals surface area contributed by atoms with Crippen molar-refractivity contribution >= 4 is 23.2 Å². The number of nitrogens with one attached hydrogen (secondary N) is 1. The summed E-state index contributed by atoms with van der Waals surface area (Å²) in [5.41, 5.74) is 1.90. The van der Waals surface area contributed by atoms with Crippen LogP contribution in [-0.4, -0.2) is 6.54 Å². The first kappa shape index (κ1) is 15.2. The van der Waals surface area contributed by atoms with E-state index in [1.807, 2.05) is 18.2 Å². The molecular formula is C16H23Cl2N. The van der Waals surface area contributed by atoms with Crippen molar-refractivity contribution in [3.63, 3.8) is 0 Å². The van der Waals surface area contributed by atoms with Crippen LogP contribution in [0.4, 0.5) is 0 Å². The molecule has 0 saturated heterocycles. The molecule has 1 aromatic rings. The zero-order valence-corrected chi connectivity index (χ0v) is 13.9. The van der Waals surface area contributed by atoms with Crippen molar-refractivity contribution in [2.45, 2.75) is 40.7 Å². The van der Waals surface area contributed by atoms with Gasteiger partial charge in [0.2, 0.25) is 0 Å². The van der Waals surface area contributed by atoms with Crippen molar-refractivity contribution in [1.82, 2.24) is 5.32 Å². The molecule has 1 fully saturated rings. The lowest BCUT2D eigenvalue weighted by atomic mass is 10.0. The third kappa shape index (κ3) is 2.66. The van der Waals surface area contributed by atoms with Gasteiger partial charge in [-0.05, 0) is 54.0 Å². The standard InChI is InChI=1S/C16H23Cl2N/c1-10(12-8-11(17)6-7-13(12)18)19-9-14-15(2,3)16(14,4)5/h6-8,10,14,19H,9H2,1-5H3. The van der Waals surface area contributed by atoms with E-state index in [9.17, 15) is 0 Å². The summed E-state index contributed by atoms with van der Waals surface area (Å²) in [6.45, 7) is 12.5.